The molecule has 0 radical (unpaired) electrons. The van der Waals surface area contributed by atoms with Crippen LogP contribution in [0.2, 0.25) is 5.02 Å². The Labute approximate surface area is 238 Å². The number of aromatic nitrogens is 2. The Morgan fingerprint density at radius 2 is 2.02 bits per heavy atom. The highest BCUT2D eigenvalue weighted by molar-refractivity contribution is 6.36. The fourth-order valence-corrected chi connectivity index (χ4v) is 6.39. The van der Waals surface area contributed by atoms with E-state index in [0.29, 0.717) is 38.8 Å². The first-order valence-corrected chi connectivity index (χ1v) is 14.2. The molecule has 208 valence electrons. The van der Waals surface area contributed by atoms with Gasteiger partial charge in [0, 0.05) is 48.9 Å². The average molecular weight is 562 g/mol. The van der Waals surface area contributed by atoms with Crippen molar-refractivity contribution in [3.05, 3.63) is 52.7 Å². The number of benzene rings is 2. The number of rotatable bonds is 6. The molecule has 2 saturated heterocycles. The van der Waals surface area contributed by atoms with Crippen LogP contribution in [-0.2, 0) is 13.0 Å². The van der Waals surface area contributed by atoms with E-state index in [2.05, 4.69) is 45.5 Å². The van der Waals surface area contributed by atoms with Gasteiger partial charge in [-0.25, -0.2) is 4.79 Å². The summed E-state index contributed by atoms with van der Waals surface area (Å²) in [5.74, 6) is 0.781. The maximum Gasteiger partial charge on any atom is 0.407 e. The Bertz CT molecular complexity index is 1450. The Hall–Kier alpha value is -3.81. The van der Waals surface area contributed by atoms with Crippen LogP contribution in [0.25, 0.3) is 10.8 Å². The smallest absolute Gasteiger partial charge is 0.407 e. The number of hydrogen-bond acceptors (Lipinski definition) is 8. The molecule has 2 atom stereocenters. The quantitative estimate of drug-likeness (QED) is 0.459. The SMILES string of the molecule is N#CCC1CN(c2nc(OC[C@@H]3CCCN3)nc3c2CCN(c2cccc4cccc(Cl)c24)C3)CCN1C(=O)O. The molecule has 1 unspecified atom stereocenters. The molecule has 0 aliphatic carbocycles. The molecular formula is C29H32ClN7O3. The van der Waals surface area contributed by atoms with Crippen LogP contribution >= 0.6 is 11.6 Å². The van der Waals surface area contributed by atoms with Crippen LogP contribution in [0.1, 0.15) is 30.5 Å². The Kier molecular flexibility index (Phi) is 7.50. The monoisotopic (exact) mass is 561 g/mol. The van der Waals surface area contributed by atoms with Crippen molar-refractivity contribution in [1.82, 2.24) is 20.2 Å². The number of fused-ring (bicyclic) bond motifs is 2. The second-order valence-electron chi connectivity index (χ2n) is 10.6. The van der Waals surface area contributed by atoms with Crippen LogP contribution in [0.15, 0.2) is 36.4 Å². The minimum atomic E-state index is -0.998. The summed E-state index contributed by atoms with van der Waals surface area (Å²) in [7, 11) is 0. The molecule has 2 aromatic carbocycles. The van der Waals surface area contributed by atoms with Crippen LogP contribution in [0.3, 0.4) is 0 Å². The van der Waals surface area contributed by atoms with Crippen molar-refractivity contribution >= 4 is 40.0 Å². The first-order chi connectivity index (χ1) is 19.5. The summed E-state index contributed by atoms with van der Waals surface area (Å²) in [6.45, 7) is 4.01. The van der Waals surface area contributed by atoms with Gasteiger partial charge in [0.05, 0.1) is 35.8 Å². The van der Waals surface area contributed by atoms with Crippen molar-refractivity contribution in [2.45, 2.75) is 44.3 Å². The van der Waals surface area contributed by atoms with Gasteiger partial charge < -0.3 is 29.9 Å². The van der Waals surface area contributed by atoms with Gasteiger partial charge in [-0.3, -0.25) is 0 Å². The summed E-state index contributed by atoms with van der Waals surface area (Å²) in [6, 6.07) is 14.5. The predicted octanol–water partition coefficient (Wildman–Crippen LogP) is 4.06. The number of carboxylic acid groups (broad SMARTS) is 1. The third-order valence-corrected chi connectivity index (χ3v) is 8.44. The molecule has 0 saturated carbocycles. The van der Waals surface area contributed by atoms with E-state index in [-0.39, 0.29) is 12.5 Å². The zero-order valence-corrected chi connectivity index (χ0v) is 23.0. The van der Waals surface area contributed by atoms with Gasteiger partial charge in [0.25, 0.3) is 0 Å². The minimum absolute atomic E-state index is 0.127. The molecule has 6 rings (SSSR count). The van der Waals surface area contributed by atoms with Crippen molar-refractivity contribution in [2.24, 2.45) is 0 Å². The number of halogens is 1. The number of hydrogen-bond donors (Lipinski definition) is 2. The second kappa shape index (κ2) is 11.4. The van der Waals surface area contributed by atoms with E-state index in [1.807, 2.05) is 12.1 Å². The molecule has 3 aliphatic heterocycles. The van der Waals surface area contributed by atoms with Crippen LogP contribution in [-0.4, -0.2) is 77.5 Å². The molecule has 1 aromatic heterocycles. The number of nitriles is 1. The molecule has 2 fully saturated rings. The van der Waals surface area contributed by atoms with E-state index in [1.54, 1.807) is 0 Å². The molecule has 10 nitrogen and oxygen atoms in total. The lowest BCUT2D eigenvalue weighted by Crippen LogP contribution is -2.55. The summed E-state index contributed by atoms with van der Waals surface area (Å²) in [5.41, 5.74) is 3.01. The van der Waals surface area contributed by atoms with Gasteiger partial charge in [0.15, 0.2) is 0 Å². The largest absolute Gasteiger partial charge is 0.465 e. The average Bonchev–Trinajstić information content (AvgIpc) is 3.49. The fourth-order valence-electron chi connectivity index (χ4n) is 6.11. The zero-order valence-electron chi connectivity index (χ0n) is 22.2. The van der Waals surface area contributed by atoms with Gasteiger partial charge in [0.2, 0.25) is 0 Å². The number of anilines is 2. The Morgan fingerprint density at radius 1 is 1.18 bits per heavy atom. The summed E-state index contributed by atoms with van der Waals surface area (Å²) in [5, 5.41) is 25.3. The normalized spacial score (nSPS) is 20.9. The zero-order chi connectivity index (χ0) is 27.6. The lowest BCUT2D eigenvalue weighted by atomic mass is 10.0. The number of ether oxygens (including phenoxy) is 1. The summed E-state index contributed by atoms with van der Waals surface area (Å²) in [4.78, 5) is 27.3. The molecule has 3 aliphatic rings. The first kappa shape index (κ1) is 26.4. The van der Waals surface area contributed by atoms with Crippen molar-refractivity contribution in [3.8, 4) is 12.1 Å². The van der Waals surface area contributed by atoms with Gasteiger partial charge >= 0.3 is 12.1 Å². The van der Waals surface area contributed by atoms with Crippen molar-refractivity contribution in [2.75, 3.05) is 49.1 Å². The highest BCUT2D eigenvalue weighted by Gasteiger charge is 2.34. The van der Waals surface area contributed by atoms with E-state index in [1.165, 1.54) is 4.90 Å². The van der Waals surface area contributed by atoms with E-state index in [9.17, 15) is 15.2 Å². The van der Waals surface area contributed by atoms with Crippen molar-refractivity contribution in [3.63, 3.8) is 0 Å². The van der Waals surface area contributed by atoms with Crippen molar-refractivity contribution < 1.29 is 14.6 Å². The molecule has 4 heterocycles. The summed E-state index contributed by atoms with van der Waals surface area (Å²) < 4.78 is 6.14. The third-order valence-electron chi connectivity index (χ3n) is 8.13. The molecule has 0 spiro atoms. The van der Waals surface area contributed by atoms with Crippen LogP contribution in [0, 0.1) is 11.3 Å². The number of nitrogens with one attached hydrogen (secondary N) is 1. The lowest BCUT2D eigenvalue weighted by molar-refractivity contribution is 0.119. The van der Waals surface area contributed by atoms with Gasteiger partial charge in [0.1, 0.15) is 12.4 Å². The van der Waals surface area contributed by atoms with Crippen LogP contribution in [0.4, 0.5) is 16.3 Å². The summed E-state index contributed by atoms with van der Waals surface area (Å²) >= 11 is 6.66. The van der Waals surface area contributed by atoms with Crippen LogP contribution < -0.4 is 19.9 Å². The number of nitrogens with zero attached hydrogens (tertiary/aromatic N) is 6. The fraction of sp³-hybridized carbons (Fsp3) is 0.448. The lowest BCUT2D eigenvalue weighted by Gasteiger charge is -2.41. The Morgan fingerprint density at radius 3 is 2.80 bits per heavy atom. The molecular weight excluding hydrogens is 530 g/mol. The van der Waals surface area contributed by atoms with E-state index < -0.39 is 12.1 Å². The van der Waals surface area contributed by atoms with E-state index >= 15 is 0 Å². The third kappa shape index (κ3) is 5.19. The molecule has 40 heavy (non-hydrogen) atoms. The number of piperazine rings is 1. The van der Waals surface area contributed by atoms with Gasteiger partial charge in [-0.1, -0.05) is 35.9 Å². The highest BCUT2D eigenvalue weighted by Crippen LogP contribution is 2.37. The number of carbonyl (C=O) groups is 1. The predicted molar refractivity (Wildman–Crippen MR) is 153 cm³/mol. The van der Waals surface area contributed by atoms with Gasteiger partial charge in [-0.2, -0.15) is 15.2 Å². The maximum atomic E-state index is 11.8. The van der Waals surface area contributed by atoms with Crippen molar-refractivity contribution in [1.29, 1.82) is 5.26 Å². The topological polar surface area (TPSA) is 118 Å². The Balaban J connectivity index is 1.34. The molecule has 3 aromatic rings. The summed E-state index contributed by atoms with van der Waals surface area (Å²) in [6.07, 6.45) is 2.03. The molecule has 1 amide bonds. The highest BCUT2D eigenvalue weighted by atomic mass is 35.5. The molecule has 2 N–H and O–H groups in total. The molecule has 11 heteroatoms. The minimum Gasteiger partial charge on any atom is -0.465 e. The molecule has 0 bridgehead atoms. The van der Waals surface area contributed by atoms with Gasteiger partial charge in [-0.05, 0) is 43.3 Å². The number of amides is 1. The van der Waals surface area contributed by atoms with E-state index in [4.69, 9.17) is 26.3 Å². The van der Waals surface area contributed by atoms with Gasteiger partial charge in [-0.15, -0.1) is 0 Å². The van der Waals surface area contributed by atoms with Crippen LogP contribution in [0.5, 0.6) is 6.01 Å². The van der Waals surface area contributed by atoms with E-state index in [0.717, 1.165) is 70.9 Å². The standard InChI is InChI=1S/C29H32ClN7O3/c30-23-7-1-4-19-5-2-8-25(26(19)23)35-13-10-22-24(17-35)33-28(40-18-20-6-3-12-32-20)34-27(22)36-14-15-37(29(38)39)21(16-36)9-11-31/h1-2,4-5,7-8,20-21,32H,3,6,9-10,12-18H2,(H,38,39)/t20-,21?/m0/s1. The second-order valence-corrected chi connectivity index (χ2v) is 11.0. The first-order valence-electron chi connectivity index (χ1n) is 13.8. The maximum absolute atomic E-state index is 11.8.